The summed E-state index contributed by atoms with van der Waals surface area (Å²) in [5.74, 6) is 1.36. The number of piperazine rings is 1. The van der Waals surface area contributed by atoms with Crippen LogP contribution in [0.3, 0.4) is 0 Å². The van der Waals surface area contributed by atoms with Crippen molar-refractivity contribution >= 4 is 23.6 Å². The first-order chi connectivity index (χ1) is 16.0. The van der Waals surface area contributed by atoms with Crippen molar-refractivity contribution in [3.05, 3.63) is 52.5 Å². The minimum atomic E-state index is -0.428. The Morgan fingerprint density at radius 3 is 2.70 bits per heavy atom. The molecule has 2 aromatic heterocycles. The highest BCUT2D eigenvalue weighted by Crippen LogP contribution is 2.33. The average Bonchev–Trinajstić information content (AvgIpc) is 3.39. The number of likely N-dealkylation sites (N-methyl/N-ethyl adjacent to an activating group) is 1. The summed E-state index contributed by atoms with van der Waals surface area (Å²) in [7, 11) is 2.10. The van der Waals surface area contributed by atoms with E-state index >= 15 is 0 Å². The van der Waals surface area contributed by atoms with E-state index in [4.69, 9.17) is 9.26 Å². The number of anilines is 3. The predicted molar refractivity (Wildman–Crippen MR) is 125 cm³/mol. The average molecular weight is 451 g/mol. The first-order valence-corrected chi connectivity index (χ1v) is 11.2. The number of hydrogen-bond donors (Lipinski definition) is 1. The molecule has 33 heavy (non-hydrogen) atoms. The van der Waals surface area contributed by atoms with Gasteiger partial charge in [-0.15, -0.1) is 0 Å². The molecule has 1 aliphatic heterocycles. The lowest BCUT2D eigenvalue weighted by Crippen LogP contribution is -2.44. The smallest absolute Gasteiger partial charge is 0.326 e. The van der Waals surface area contributed by atoms with Gasteiger partial charge in [0, 0.05) is 38.3 Å². The molecule has 3 heterocycles. The van der Waals surface area contributed by atoms with Crippen molar-refractivity contribution in [2.75, 3.05) is 43.4 Å². The van der Waals surface area contributed by atoms with Crippen molar-refractivity contribution in [1.29, 1.82) is 0 Å². The number of fused-ring (bicyclic) bond motifs is 1. The zero-order valence-electron chi connectivity index (χ0n) is 19.1. The van der Waals surface area contributed by atoms with Crippen LogP contribution in [0.5, 0.6) is 11.8 Å². The lowest BCUT2D eigenvalue weighted by atomic mass is 10.1. The Labute approximate surface area is 192 Å². The number of allylic oxidation sites excluding steroid dienone is 1. The number of benzene rings is 1. The summed E-state index contributed by atoms with van der Waals surface area (Å²) in [4.78, 5) is 13.5. The number of hydrogen-bond acceptors (Lipinski definition) is 8. The Kier molecular flexibility index (Phi) is 5.72. The summed E-state index contributed by atoms with van der Waals surface area (Å²) in [6.45, 7) is 7.54. The SMILES string of the molecule is CCc1cc(Nc2cc(N3CCN(C)CC3)nc(Oc3cc4c(cc3F)CC(C)=C4)n2)on1. The molecule has 0 bridgehead atoms. The van der Waals surface area contributed by atoms with Gasteiger partial charge < -0.3 is 24.4 Å². The molecule has 1 aliphatic carbocycles. The van der Waals surface area contributed by atoms with E-state index in [2.05, 4.69) is 37.3 Å². The van der Waals surface area contributed by atoms with Gasteiger partial charge in [-0.25, -0.2) is 4.39 Å². The van der Waals surface area contributed by atoms with Gasteiger partial charge >= 0.3 is 6.01 Å². The second-order valence-electron chi connectivity index (χ2n) is 8.60. The van der Waals surface area contributed by atoms with Gasteiger partial charge in [0.25, 0.3) is 0 Å². The lowest BCUT2D eigenvalue weighted by Gasteiger charge is -2.33. The molecule has 0 atom stereocenters. The largest absolute Gasteiger partial charge is 0.421 e. The molecule has 0 spiro atoms. The first-order valence-electron chi connectivity index (χ1n) is 11.2. The summed E-state index contributed by atoms with van der Waals surface area (Å²) >= 11 is 0. The van der Waals surface area contributed by atoms with Crippen molar-refractivity contribution in [2.45, 2.75) is 26.7 Å². The Morgan fingerprint density at radius 2 is 1.94 bits per heavy atom. The predicted octanol–water partition coefficient (Wildman–Crippen LogP) is 4.41. The van der Waals surface area contributed by atoms with Gasteiger partial charge in [-0.2, -0.15) is 9.97 Å². The summed E-state index contributed by atoms with van der Waals surface area (Å²) in [5.41, 5.74) is 3.96. The van der Waals surface area contributed by atoms with E-state index in [9.17, 15) is 4.39 Å². The van der Waals surface area contributed by atoms with Crippen LogP contribution in [0.25, 0.3) is 6.08 Å². The molecular weight excluding hydrogens is 423 g/mol. The normalized spacial score (nSPS) is 16.0. The molecule has 0 radical (unpaired) electrons. The number of aryl methyl sites for hydroxylation is 1. The molecule has 0 unspecified atom stereocenters. The number of nitrogens with one attached hydrogen (secondary N) is 1. The molecule has 172 valence electrons. The van der Waals surface area contributed by atoms with Crippen molar-refractivity contribution in [3.8, 4) is 11.8 Å². The van der Waals surface area contributed by atoms with Crippen molar-refractivity contribution in [1.82, 2.24) is 20.0 Å². The highest BCUT2D eigenvalue weighted by molar-refractivity contribution is 5.65. The quantitative estimate of drug-likeness (QED) is 0.592. The van der Waals surface area contributed by atoms with E-state index in [0.29, 0.717) is 17.5 Å². The van der Waals surface area contributed by atoms with Crippen molar-refractivity contribution in [3.63, 3.8) is 0 Å². The number of aromatic nitrogens is 3. The fraction of sp³-hybridized carbons (Fsp3) is 0.375. The van der Waals surface area contributed by atoms with Crippen molar-refractivity contribution < 1.29 is 13.7 Å². The van der Waals surface area contributed by atoms with E-state index in [1.54, 1.807) is 6.07 Å². The van der Waals surface area contributed by atoms with Crippen molar-refractivity contribution in [2.24, 2.45) is 0 Å². The monoisotopic (exact) mass is 450 g/mol. The fourth-order valence-corrected chi connectivity index (χ4v) is 4.07. The molecule has 1 saturated heterocycles. The van der Waals surface area contributed by atoms with E-state index in [-0.39, 0.29) is 11.8 Å². The number of rotatable bonds is 6. The standard InChI is InChI=1S/C24H27FN6O2/c1-4-18-13-23(33-29-18)26-21-14-22(31-7-5-30(3)6-8-31)28-24(27-21)32-20-12-17-10-15(2)9-16(17)11-19(20)25/h10-14H,4-9H2,1-3H3,(H,26,27,28). The number of nitrogens with zero attached hydrogens (tertiary/aromatic N) is 5. The van der Waals surface area contributed by atoms with Crippen LogP contribution in [0.1, 0.15) is 30.7 Å². The molecule has 1 fully saturated rings. The minimum absolute atomic E-state index is 0.0710. The topological polar surface area (TPSA) is 79.5 Å². The molecule has 2 aliphatic rings. The first kappa shape index (κ1) is 21.4. The molecule has 0 amide bonds. The zero-order valence-corrected chi connectivity index (χ0v) is 19.1. The lowest BCUT2D eigenvalue weighted by molar-refractivity contribution is 0.311. The number of halogens is 1. The summed E-state index contributed by atoms with van der Waals surface area (Å²) in [5, 5.41) is 7.14. The molecule has 3 aromatic rings. The fourth-order valence-electron chi connectivity index (χ4n) is 4.07. The van der Waals surface area contributed by atoms with Crippen LogP contribution in [0.4, 0.5) is 21.9 Å². The van der Waals surface area contributed by atoms with Crippen LogP contribution >= 0.6 is 0 Å². The second-order valence-corrected chi connectivity index (χ2v) is 8.60. The molecule has 1 aromatic carbocycles. The van der Waals surface area contributed by atoms with Gasteiger partial charge in [-0.3, -0.25) is 0 Å². The van der Waals surface area contributed by atoms with E-state index in [1.807, 2.05) is 32.1 Å². The van der Waals surface area contributed by atoms with Crippen LogP contribution in [0.2, 0.25) is 0 Å². The molecule has 0 saturated carbocycles. The summed E-state index contributed by atoms with van der Waals surface area (Å²) in [6, 6.07) is 6.98. The summed E-state index contributed by atoms with van der Waals surface area (Å²) < 4.78 is 26.0. The third-order valence-corrected chi connectivity index (χ3v) is 5.96. The van der Waals surface area contributed by atoms with Gasteiger partial charge in [-0.1, -0.05) is 23.7 Å². The molecule has 5 rings (SSSR count). The Morgan fingerprint density at radius 1 is 1.12 bits per heavy atom. The zero-order chi connectivity index (χ0) is 22.9. The second kappa shape index (κ2) is 8.82. The maximum Gasteiger partial charge on any atom is 0.326 e. The van der Waals surface area contributed by atoms with E-state index < -0.39 is 5.82 Å². The molecular formula is C24H27FN6O2. The summed E-state index contributed by atoms with van der Waals surface area (Å²) in [6.07, 6.45) is 3.57. The van der Waals surface area contributed by atoms with Gasteiger partial charge in [0.05, 0.1) is 5.69 Å². The maximum absolute atomic E-state index is 14.8. The van der Waals surface area contributed by atoms with Crippen LogP contribution in [0, 0.1) is 5.82 Å². The van der Waals surface area contributed by atoms with Gasteiger partial charge in [0.15, 0.2) is 11.6 Å². The highest BCUT2D eigenvalue weighted by Gasteiger charge is 2.20. The minimum Gasteiger partial charge on any atom is -0.421 e. The molecule has 1 N–H and O–H groups in total. The molecule has 9 heteroatoms. The van der Waals surface area contributed by atoms with Crippen LogP contribution in [-0.4, -0.2) is 53.3 Å². The molecule has 8 nitrogen and oxygen atoms in total. The Balaban J connectivity index is 1.46. The van der Waals surface area contributed by atoms with E-state index in [1.165, 1.54) is 11.6 Å². The van der Waals surface area contributed by atoms with Gasteiger partial charge in [0.2, 0.25) is 5.88 Å². The Bertz CT molecular complexity index is 1200. The van der Waals surface area contributed by atoms with Crippen LogP contribution < -0.4 is 15.0 Å². The Hall–Kier alpha value is -3.46. The highest BCUT2D eigenvalue weighted by atomic mass is 19.1. The van der Waals surface area contributed by atoms with E-state index in [0.717, 1.165) is 55.8 Å². The van der Waals surface area contributed by atoms with Crippen LogP contribution in [-0.2, 0) is 12.8 Å². The van der Waals surface area contributed by atoms with Gasteiger partial charge in [0.1, 0.15) is 11.6 Å². The number of ether oxygens (including phenoxy) is 1. The maximum atomic E-state index is 14.8. The van der Waals surface area contributed by atoms with Gasteiger partial charge in [-0.05, 0) is 50.1 Å². The third kappa shape index (κ3) is 4.68. The third-order valence-electron chi connectivity index (χ3n) is 5.96. The van der Waals surface area contributed by atoms with Crippen LogP contribution in [0.15, 0.2) is 34.4 Å².